The smallest absolute Gasteiger partial charge is 0.251 e. The first kappa shape index (κ1) is 11.7. The normalized spacial score (nSPS) is 17.4. The van der Waals surface area contributed by atoms with E-state index >= 15 is 0 Å². The molecular formula is C11H11ClN2O3. The lowest BCUT2D eigenvalue weighted by Crippen LogP contribution is -2.31. The fraction of sp³-hybridized carbons (Fsp3) is 0.273. The van der Waals surface area contributed by atoms with E-state index in [1.54, 1.807) is 12.1 Å². The zero-order chi connectivity index (χ0) is 12.6. The molecule has 0 bridgehead atoms. The van der Waals surface area contributed by atoms with Gasteiger partial charge in [0.25, 0.3) is 5.91 Å². The number of nitrogens with one attached hydrogen (secondary N) is 2. The van der Waals surface area contributed by atoms with Gasteiger partial charge in [-0.25, -0.2) is 0 Å². The van der Waals surface area contributed by atoms with Crippen molar-refractivity contribution in [1.82, 2.24) is 5.32 Å². The van der Waals surface area contributed by atoms with E-state index in [1.165, 1.54) is 14.0 Å². The number of anilines is 1. The maximum atomic E-state index is 11.7. The quantitative estimate of drug-likeness (QED) is 0.840. The molecule has 1 aromatic rings. The van der Waals surface area contributed by atoms with Crippen molar-refractivity contribution in [3.05, 3.63) is 22.7 Å². The van der Waals surface area contributed by atoms with E-state index in [1.807, 2.05) is 0 Å². The molecule has 1 heterocycles. The molecule has 17 heavy (non-hydrogen) atoms. The minimum absolute atomic E-state index is 0.295. The molecule has 0 saturated heterocycles. The number of ether oxygens (including phenoxy) is 1. The van der Waals surface area contributed by atoms with Crippen LogP contribution in [0.3, 0.4) is 0 Å². The summed E-state index contributed by atoms with van der Waals surface area (Å²) in [5, 5.41) is 5.61. The van der Waals surface area contributed by atoms with Gasteiger partial charge in [0.1, 0.15) is 11.8 Å². The highest BCUT2D eigenvalue weighted by atomic mass is 35.5. The number of rotatable bonds is 2. The summed E-state index contributed by atoms with van der Waals surface area (Å²) in [5.74, 6) is -0.0934. The number of benzene rings is 1. The summed E-state index contributed by atoms with van der Waals surface area (Å²) in [6.45, 7) is 1.35. The third-order valence-corrected chi connectivity index (χ3v) is 2.85. The van der Waals surface area contributed by atoms with E-state index in [-0.39, 0.29) is 11.8 Å². The average molecular weight is 255 g/mol. The van der Waals surface area contributed by atoms with Crippen molar-refractivity contribution < 1.29 is 14.3 Å². The molecule has 0 saturated carbocycles. The summed E-state index contributed by atoms with van der Waals surface area (Å²) in [7, 11) is 1.50. The molecule has 2 rings (SSSR count). The van der Waals surface area contributed by atoms with Crippen LogP contribution in [0, 0.1) is 0 Å². The van der Waals surface area contributed by atoms with E-state index in [4.69, 9.17) is 16.3 Å². The number of hydrogen-bond acceptors (Lipinski definition) is 3. The lowest BCUT2D eigenvalue weighted by molar-refractivity contribution is -0.124. The van der Waals surface area contributed by atoms with E-state index in [9.17, 15) is 9.59 Å². The van der Waals surface area contributed by atoms with E-state index in [2.05, 4.69) is 10.6 Å². The largest absolute Gasteiger partial charge is 0.495 e. The summed E-state index contributed by atoms with van der Waals surface area (Å²) < 4.78 is 5.13. The van der Waals surface area contributed by atoms with Gasteiger partial charge in [-0.1, -0.05) is 11.6 Å². The van der Waals surface area contributed by atoms with Gasteiger partial charge < -0.3 is 15.4 Å². The Morgan fingerprint density at radius 3 is 2.82 bits per heavy atom. The second-order valence-electron chi connectivity index (χ2n) is 3.66. The third kappa shape index (κ3) is 1.93. The standard InChI is InChI=1S/C11H11ClN2O3/c1-5(15)13-10-8-6(12)3-4-7(17-2)9(8)14-11(10)16/h3-4,10H,1-2H3,(H,13,15)(H,14,16). The van der Waals surface area contributed by atoms with Crippen molar-refractivity contribution in [2.45, 2.75) is 13.0 Å². The molecule has 0 radical (unpaired) electrons. The third-order valence-electron chi connectivity index (χ3n) is 2.52. The van der Waals surface area contributed by atoms with Crippen LogP contribution in [0.5, 0.6) is 5.75 Å². The highest BCUT2D eigenvalue weighted by Gasteiger charge is 2.35. The molecule has 1 unspecified atom stereocenters. The van der Waals surface area contributed by atoms with Crippen molar-refractivity contribution in [3.63, 3.8) is 0 Å². The van der Waals surface area contributed by atoms with Crippen molar-refractivity contribution in [3.8, 4) is 5.75 Å². The second kappa shape index (κ2) is 4.25. The van der Waals surface area contributed by atoms with Crippen LogP contribution in [0.15, 0.2) is 12.1 Å². The summed E-state index contributed by atoms with van der Waals surface area (Å²) in [4.78, 5) is 22.8. The van der Waals surface area contributed by atoms with Crippen molar-refractivity contribution in [2.24, 2.45) is 0 Å². The molecular weight excluding hydrogens is 244 g/mol. The fourth-order valence-corrected chi connectivity index (χ4v) is 2.09. The highest BCUT2D eigenvalue weighted by Crippen LogP contribution is 2.42. The van der Waals surface area contributed by atoms with Crippen molar-refractivity contribution in [2.75, 3.05) is 12.4 Å². The molecule has 0 aromatic heterocycles. The van der Waals surface area contributed by atoms with Crippen LogP contribution >= 0.6 is 11.6 Å². The number of carbonyl (C=O) groups excluding carboxylic acids is 2. The van der Waals surface area contributed by atoms with Gasteiger partial charge in [0.2, 0.25) is 5.91 Å². The number of carbonyl (C=O) groups is 2. The van der Waals surface area contributed by atoms with Crippen LogP contribution < -0.4 is 15.4 Å². The van der Waals surface area contributed by atoms with Gasteiger partial charge >= 0.3 is 0 Å². The molecule has 2 N–H and O–H groups in total. The van der Waals surface area contributed by atoms with Crippen LogP contribution in [-0.2, 0) is 9.59 Å². The lowest BCUT2D eigenvalue weighted by Gasteiger charge is -2.12. The minimum atomic E-state index is -0.759. The van der Waals surface area contributed by atoms with Crippen molar-refractivity contribution in [1.29, 1.82) is 0 Å². The Kier molecular flexibility index (Phi) is 2.93. The van der Waals surface area contributed by atoms with E-state index in [0.717, 1.165) is 0 Å². The second-order valence-corrected chi connectivity index (χ2v) is 4.07. The Morgan fingerprint density at radius 2 is 2.24 bits per heavy atom. The highest BCUT2D eigenvalue weighted by molar-refractivity contribution is 6.33. The predicted octanol–water partition coefficient (Wildman–Crippen LogP) is 1.48. The fourth-order valence-electron chi connectivity index (χ4n) is 1.82. The molecule has 1 aliphatic rings. The molecule has 1 atom stereocenters. The van der Waals surface area contributed by atoms with Gasteiger partial charge in [-0.15, -0.1) is 0 Å². The average Bonchev–Trinajstić information content (AvgIpc) is 2.57. The van der Waals surface area contributed by atoms with Crippen LogP contribution in [0.2, 0.25) is 5.02 Å². The first-order valence-corrected chi connectivity index (χ1v) is 5.36. The van der Waals surface area contributed by atoms with E-state index < -0.39 is 6.04 Å². The molecule has 2 amide bonds. The monoisotopic (exact) mass is 254 g/mol. The maximum absolute atomic E-state index is 11.7. The first-order valence-electron chi connectivity index (χ1n) is 4.99. The number of methoxy groups -OCH3 is 1. The van der Waals surface area contributed by atoms with Gasteiger partial charge in [-0.3, -0.25) is 9.59 Å². The Balaban J connectivity index is 2.51. The van der Waals surface area contributed by atoms with Crippen LogP contribution in [-0.4, -0.2) is 18.9 Å². The molecule has 0 fully saturated rings. The van der Waals surface area contributed by atoms with Crippen molar-refractivity contribution >= 4 is 29.1 Å². The van der Waals surface area contributed by atoms with Gasteiger partial charge in [0.15, 0.2) is 0 Å². The molecule has 0 spiro atoms. The molecule has 0 aliphatic carbocycles. The van der Waals surface area contributed by atoms with Gasteiger partial charge in [0.05, 0.1) is 12.8 Å². The SMILES string of the molecule is COc1ccc(Cl)c2c1NC(=O)C2NC(C)=O. The van der Waals surface area contributed by atoms with E-state index in [0.29, 0.717) is 22.0 Å². The van der Waals surface area contributed by atoms with Crippen LogP contribution in [0.25, 0.3) is 0 Å². The van der Waals surface area contributed by atoms with Crippen LogP contribution in [0.1, 0.15) is 18.5 Å². The topological polar surface area (TPSA) is 67.4 Å². The minimum Gasteiger partial charge on any atom is -0.495 e. The van der Waals surface area contributed by atoms with Gasteiger partial charge in [-0.2, -0.15) is 0 Å². The Labute approximate surface area is 103 Å². The Bertz CT molecular complexity index is 502. The Hall–Kier alpha value is -1.75. The van der Waals surface area contributed by atoms with Gasteiger partial charge in [0, 0.05) is 17.5 Å². The van der Waals surface area contributed by atoms with Crippen LogP contribution in [0.4, 0.5) is 5.69 Å². The molecule has 5 nitrogen and oxygen atoms in total. The van der Waals surface area contributed by atoms with Gasteiger partial charge in [-0.05, 0) is 12.1 Å². The maximum Gasteiger partial charge on any atom is 0.251 e. The molecule has 6 heteroatoms. The lowest BCUT2D eigenvalue weighted by atomic mass is 10.1. The molecule has 90 valence electrons. The number of fused-ring (bicyclic) bond motifs is 1. The predicted molar refractivity (Wildman–Crippen MR) is 63.2 cm³/mol. The zero-order valence-electron chi connectivity index (χ0n) is 9.33. The number of halogens is 1. The molecule has 1 aliphatic heterocycles. The summed E-state index contributed by atoms with van der Waals surface area (Å²) in [6.07, 6.45) is 0. The number of amides is 2. The summed E-state index contributed by atoms with van der Waals surface area (Å²) in [6, 6.07) is 2.54. The zero-order valence-corrected chi connectivity index (χ0v) is 10.1. The number of hydrogen-bond donors (Lipinski definition) is 2. The first-order chi connectivity index (χ1) is 8.04. The summed E-state index contributed by atoms with van der Waals surface area (Å²) >= 11 is 6.04. The Morgan fingerprint density at radius 1 is 1.53 bits per heavy atom. The molecule has 1 aromatic carbocycles. The summed E-state index contributed by atoms with van der Waals surface area (Å²) in [5.41, 5.74) is 1.06.